The van der Waals surface area contributed by atoms with Crippen molar-refractivity contribution < 1.29 is 14.6 Å². The second-order valence-electron chi connectivity index (χ2n) is 8.68. The van der Waals surface area contributed by atoms with E-state index < -0.39 is 0 Å². The van der Waals surface area contributed by atoms with Gasteiger partial charge in [-0.1, -0.05) is 12.1 Å². The van der Waals surface area contributed by atoms with Gasteiger partial charge in [-0.3, -0.25) is 9.36 Å². The first-order chi connectivity index (χ1) is 16.4. The molecule has 176 valence electrons. The quantitative estimate of drug-likeness (QED) is 0.434. The van der Waals surface area contributed by atoms with Crippen LogP contribution in [-0.2, 0) is 6.54 Å². The van der Waals surface area contributed by atoms with Crippen LogP contribution in [0.3, 0.4) is 0 Å². The molecule has 2 aromatic heterocycles. The zero-order chi connectivity index (χ0) is 24.0. The molecule has 8 nitrogen and oxygen atoms in total. The first kappa shape index (κ1) is 22.2. The van der Waals surface area contributed by atoms with Gasteiger partial charge in [0.2, 0.25) is 0 Å². The van der Waals surface area contributed by atoms with Gasteiger partial charge in [-0.15, -0.1) is 11.3 Å². The van der Waals surface area contributed by atoms with Gasteiger partial charge < -0.3 is 20.1 Å². The van der Waals surface area contributed by atoms with E-state index in [1.54, 1.807) is 37.9 Å². The Morgan fingerprint density at radius 2 is 2.09 bits per heavy atom. The predicted molar refractivity (Wildman–Crippen MR) is 134 cm³/mol. The van der Waals surface area contributed by atoms with E-state index in [-0.39, 0.29) is 30.4 Å². The SMILES string of the molecule is COc1ccc(-c2nc3sc4c(O)cccc4c3c(=O)n2CCNC(=O)N(C)C)c(C2CC2)c1. The van der Waals surface area contributed by atoms with Crippen LogP contribution in [0.2, 0.25) is 0 Å². The van der Waals surface area contributed by atoms with Crippen LogP contribution >= 0.6 is 11.3 Å². The number of benzene rings is 2. The minimum absolute atomic E-state index is 0.134. The third-order valence-corrected chi connectivity index (χ3v) is 7.25. The number of carbonyl (C=O) groups excluding carboxylic acids is 1. The molecule has 1 aliphatic rings. The fraction of sp³-hybridized carbons (Fsp3) is 0.320. The highest BCUT2D eigenvalue weighted by Gasteiger charge is 2.29. The number of phenolic OH excluding ortho intramolecular Hbond substituents is 1. The van der Waals surface area contributed by atoms with Gasteiger partial charge in [0.05, 0.1) is 17.2 Å². The highest BCUT2D eigenvalue weighted by atomic mass is 32.1. The lowest BCUT2D eigenvalue weighted by atomic mass is 10.0. The van der Waals surface area contributed by atoms with E-state index >= 15 is 0 Å². The second-order valence-corrected chi connectivity index (χ2v) is 9.68. The van der Waals surface area contributed by atoms with Gasteiger partial charge >= 0.3 is 6.03 Å². The molecule has 1 fully saturated rings. The van der Waals surface area contributed by atoms with Crippen molar-refractivity contribution >= 4 is 37.7 Å². The molecule has 0 aliphatic heterocycles. The molecule has 2 aromatic carbocycles. The number of urea groups is 1. The molecule has 0 unspecified atom stereocenters. The lowest BCUT2D eigenvalue weighted by Gasteiger charge is -2.17. The van der Waals surface area contributed by atoms with E-state index in [1.165, 1.54) is 16.2 Å². The Hall–Kier alpha value is -3.59. The number of ether oxygens (including phenoxy) is 1. The Balaban J connectivity index is 1.71. The van der Waals surface area contributed by atoms with Crippen LogP contribution in [-0.4, -0.2) is 53.3 Å². The number of carbonyl (C=O) groups is 1. The summed E-state index contributed by atoms with van der Waals surface area (Å²) in [6.45, 7) is 0.544. The number of nitrogens with zero attached hydrogens (tertiary/aromatic N) is 3. The van der Waals surface area contributed by atoms with Crippen LogP contribution in [0, 0.1) is 0 Å². The van der Waals surface area contributed by atoms with Crippen molar-refractivity contribution in [2.75, 3.05) is 27.7 Å². The summed E-state index contributed by atoms with van der Waals surface area (Å²) in [6, 6.07) is 10.8. The largest absolute Gasteiger partial charge is 0.506 e. The van der Waals surface area contributed by atoms with E-state index in [4.69, 9.17) is 9.72 Å². The Labute approximate surface area is 200 Å². The summed E-state index contributed by atoms with van der Waals surface area (Å²) < 4.78 is 7.73. The number of hydrogen-bond donors (Lipinski definition) is 2. The molecule has 0 radical (unpaired) electrons. The molecule has 1 aliphatic carbocycles. The number of aromatic nitrogens is 2. The van der Waals surface area contributed by atoms with Crippen LogP contribution in [0.25, 0.3) is 31.7 Å². The van der Waals surface area contributed by atoms with Crippen LogP contribution in [0.1, 0.15) is 24.3 Å². The lowest BCUT2D eigenvalue weighted by Crippen LogP contribution is -2.37. The Kier molecular flexibility index (Phi) is 5.65. The molecule has 1 saturated carbocycles. The first-order valence-electron chi connectivity index (χ1n) is 11.2. The van der Waals surface area contributed by atoms with Crippen LogP contribution < -0.4 is 15.6 Å². The molecule has 0 bridgehead atoms. The zero-order valence-electron chi connectivity index (χ0n) is 19.3. The third-order valence-electron chi connectivity index (χ3n) is 6.13. The molecule has 0 atom stereocenters. The number of nitrogens with one attached hydrogen (secondary N) is 1. The Morgan fingerprint density at radius 1 is 1.29 bits per heavy atom. The maximum atomic E-state index is 13.8. The molecule has 9 heteroatoms. The molecule has 34 heavy (non-hydrogen) atoms. The summed E-state index contributed by atoms with van der Waals surface area (Å²) in [5, 5.41) is 14.4. The predicted octanol–water partition coefficient (Wildman–Crippen LogP) is 4.14. The molecule has 2 amide bonds. The maximum Gasteiger partial charge on any atom is 0.316 e. The van der Waals surface area contributed by atoms with Gasteiger partial charge in [0.1, 0.15) is 22.2 Å². The number of phenols is 1. The average Bonchev–Trinajstić information content (AvgIpc) is 3.60. The maximum absolute atomic E-state index is 13.8. The number of methoxy groups -OCH3 is 1. The van der Waals surface area contributed by atoms with Gasteiger partial charge in [-0.25, -0.2) is 9.78 Å². The number of rotatable bonds is 6. The standard InChI is InChI=1S/C25H26N4O4S/c1-28(2)25(32)26-11-12-29-22(16-10-9-15(33-3)13-18(16)14-7-8-14)27-23-20(24(29)31)17-5-4-6-19(30)21(17)34-23/h4-6,9-10,13-14,30H,7-8,11-12H2,1-3H3,(H,26,32). The number of thiophene rings is 1. The molecular formula is C25H26N4O4S. The molecule has 0 spiro atoms. The minimum Gasteiger partial charge on any atom is -0.506 e. The Morgan fingerprint density at radius 3 is 2.79 bits per heavy atom. The lowest BCUT2D eigenvalue weighted by molar-refractivity contribution is 0.217. The van der Waals surface area contributed by atoms with Gasteiger partial charge in [-0.2, -0.15) is 0 Å². The summed E-state index contributed by atoms with van der Waals surface area (Å²) in [5.74, 6) is 1.87. The van der Waals surface area contributed by atoms with Gasteiger partial charge in [0, 0.05) is 38.1 Å². The van der Waals surface area contributed by atoms with E-state index in [0.29, 0.717) is 32.0 Å². The zero-order valence-corrected chi connectivity index (χ0v) is 20.1. The van der Waals surface area contributed by atoms with E-state index in [9.17, 15) is 14.7 Å². The van der Waals surface area contributed by atoms with Crippen molar-refractivity contribution in [2.45, 2.75) is 25.3 Å². The molecule has 2 heterocycles. The van der Waals surface area contributed by atoms with Crippen LogP contribution in [0.5, 0.6) is 11.5 Å². The molecular weight excluding hydrogens is 452 g/mol. The van der Waals surface area contributed by atoms with Crippen molar-refractivity contribution in [1.82, 2.24) is 19.8 Å². The summed E-state index contributed by atoms with van der Waals surface area (Å²) in [7, 11) is 4.98. The Bertz CT molecular complexity index is 1470. The number of aromatic hydroxyl groups is 1. The van der Waals surface area contributed by atoms with Gasteiger partial charge in [-0.05, 0) is 48.6 Å². The van der Waals surface area contributed by atoms with Gasteiger partial charge in [0.25, 0.3) is 5.56 Å². The molecule has 5 rings (SSSR count). The summed E-state index contributed by atoms with van der Waals surface area (Å²) in [6.07, 6.45) is 2.17. The highest BCUT2D eigenvalue weighted by molar-refractivity contribution is 7.25. The van der Waals surface area contributed by atoms with Crippen molar-refractivity contribution in [1.29, 1.82) is 0 Å². The normalized spacial score (nSPS) is 13.4. The summed E-state index contributed by atoms with van der Waals surface area (Å²) in [4.78, 5) is 32.9. The van der Waals surface area contributed by atoms with E-state index in [1.807, 2.05) is 24.3 Å². The highest BCUT2D eigenvalue weighted by Crippen LogP contribution is 2.46. The van der Waals surface area contributed by atoms with Crippen molar-refractivity contribution in [3.05, 3.63) is 52.3 Å². The smallest absolute Gasteiger partial charge is 0.316 e. The number of amides is 2. The third kappa shape index (κ3) is 3.86. The second kappa shape index (κ2) is 8.64. The number of hydrogen-bond acceptors (Lipinski definition) is 6. The van der Waals surface area contributed by atoms with E-state index in [0.717, 1.165) is 29.7 Å². The van der Waals surface area contributed by atoms with Crippen LogP contribution in [0.4, 0.5) is 4.79 Å². The monoisotopic (exact) mass is 478 g/mol. The van der Waals surface area contributed by atoms with Crippen molar-refractivity contribution in [3.63, 3.8) is 0 Å². The van der Waals surface area contributed by atoms with E-state index in [2.05, 4.69) is 5.32 Å². The fourth-order valence-corrected chi connectivity index (χ4v) is 5.29. The van der Waals surface area contributed by atoms with Crippen molar-refractivity contribution in [2.24, 2.45) is 0 Å². The fourth-order valence-electron chi connectivity index (χ4n) is 4.21. The van der Waals surface area contributed by atoms with Crippen LogP contribution in [0.15, 0.2) is 41.2 Å². The molecule has 2 N–H and O–H groups in total. The molecule has 4 aromatic rings. The molecule has 0 saturated heterocycles. The minimum atomic E-state index is -0.224. The van der Waals surface area contributed by atoms with Crippen molar-refractivity contribution in [3.8, 4) is 22.9 Å². The summed E-state index contributed by atoms with van der Waals surface area (Å²) >= 11 is 1.31. The first-order valence-corrected chi connectivity index (χ1v) is 12.0. The summed E-state index contributed by atoms with van der Waals surface area (Å²) in [5.41, 5.74) is 1.82. The topological polar surface area (TPSA) is 96.7 Å². The van der Waals surface area contributed by atoms with Gasteiger partial charge in [0.15, 0.2) is 0 Å². The number of fused-ring (bicyclic) bond motifs is 3. The average molecular weight is 479 g/mol.